The van der Waals surface area contributed by atoms with Crippen LogP contribution in [-0.4, -0.2) is 74.9 Å². The van der Waals surface area contributed by atoms with E-state index in [1.807, 2.05) is 14.1 Å². The van der Waals surface area contributed by atoms with Gasteiger partial charge < -0.3 is 14.9 Å². The van der Waals surface area contributed by atoms with Gasteiger partial charge in [0.15, 0.2) is 0 Å². The number of piperidine rings is 1. The molecule has 0 aromatic rings. The molecule has 0 unspecified atom stereocenters. The molecule has 0 aromatic heterocycles. The van der Waals surface area contributed by atoms with Gasteiger partial charge in [0.25, 0.3) is 0 Å². The molecule has 1 aliphatic heterocycles. The number of likely N-dealkylation sites (tertiary alicyclic amines) is 1. The Morgan fingerprint density at radius 2 is 2.17 bits per heavy atom. The Balaban J connectivity index is 2.48. The molecule has 8 heteroatoms. The quantitative estimate of drug-likeness (QED) is 0.715. The van der Waals surface area contributed by atoms with Crippen molar-refractivity contribution in [3.63, 3.8) is 0 Å². The van der Waals surface area contributed by atoms with Gasteiger partial charge in [-0.25, -0.2) is 17.9 Å². The standard InChI is InChI=1S/C10H21N3O4S/c1-12(2)6-7-18(16,17)11-9-4-3-5-13(8-9)10(14)15/h9,11H,3-8H2,1-2H3,(H,14,15)/t9-/m0/s1. The maximum Gasteiger partial charge on any atom is 0.407 e. The minimum atomic E-state index is -3.34. The number of carboxylic acid groups (broad SMARTS) is 1. The fourth-order valence-corrected chi connectivity index (χ4v) is 3.29. The van der Waals surface area contributed by atoms with Gasteiger partial charge in [0, 0.05) is 25.7 Å². The van der Waals surface area contributed by atoms with Crippen LogP contribution in [-0.2, 0) is 10.0 Å². The Bertz CT molecular complexity index is 383. The Labute approximate surface area is 108 Å². The van der Waals surface area contributed by atoms with Crippen molar-refractivity contribution in [3.05, 3.63) is 0 Å². The average Bonchev–Trinajstić information content (AvgIpc) is 2.26. The zero-order valence-electron chi connectivity index (χ0n) is 10.8. The molecule has 0 spiro atoms. The summed E-state index contributed by atoms with van der Waals surface area (Å²) in [5.41, 5.74) is 0. The summed E-state index contributed by atoms with van der Waals surface area (Å²) in [5.74, 6) is 0.0313. The van der Waals surface area contributed by atoms with Crippen molar-refractivity contribution in [1.29, 1.82) is 0 Å². The Kier molecular flexibility index (Phi) is 5.36. The monoisotopic (exact) mass is 279 g/mol. The van der Waals surface area contributed by atoms with Crippen LogP contribution in [0.1, 0.15) is 12.8 Å². The molecule has 18 heavy (non-hydrogen) atoms. The van der Waals surface area contributed by atoms with Gasteiger partial charge in [0.05, 0.1) is 5.75 Å². The molecule has 1 rings (SSSR count). The van der Waals surface area contributed by atoms with E-state index >= 15 is 0 Å². The molecule has 0 aliphatic carbocycles. The van der Waals surface area contributed by atoms with Crippen molar-refractivity contribution in [2.24, 2.45) is 0 Å². The van der Waals surface area contributed by atoms with Crippen LogP contribution in [0, 0.1) is 0 Å². The second-order valence-electron chi connectivity index (χ2n) is 4.81. The van der Waals surface area contributed by atoms with E-state index in [1.165, 1.54) is 4.90 Å². The second kappa shape index (κ2) is 6.35. The summed E-state index contributed by atoms with van der Waals surface area (Å²) < 4.78 is 26.1. The highest BCUT2D eigenvalue weighted by molar-refractivity contribution is 7.89. The Morgan fingerprint density at radius 1 is 1.50 bits per heavy atom. The molecule has 1 saturated heterocycles. The molecule has 0 bridgehead atoms. The normalized spacial score (nSPS) is 21.3. The number of hydrogen-bond acceptors (Lipinski definition) is 4. The number of carbonyl (C=O) groups is 1. The molecule has 7 nitrogen and oxygen atoms in total. The van der Waals surface area contributed by atoms with Crippen LogP contribution in [0.4, 0.5) is 4.79 Å². The third kappa shape index (κ3) is 5.19. The lowest BCUT2D eigenvalue weighted by molar-refractivity contribution is 0.129. The predicted molar refractivity (Wildman–Crippen MR) is 68.1 cm³/mol. The topological polar surface area (TPSA) is 90.0 Å². The number of amides is 1. The first-order valence-electron chi connectivity index (χ1n) is 5.93. The van der Waals surface area contributed by atoms with Crippen molar-refractivity contribution >= 4 is 16.1 Å². The molecule has 1 heterocycles. The highest BCUT2D eigenvalue weighted by atomic mass is 32.2. The molecule has 1 amide bonds. The smallest absolute Gasteiger partial charge is 0.407 e. The number of nitrogens with zero attached hydrogens (tertiary/aromatic N) is 2. The number of rotatable bonds is 5. The van der Waals surface area contributed by atoms with Crippen molar-refractivity contribution in [2.45, 2.75) is 18.9 Å². The van der Waals surface area contributed by atoms with Gasteiger partial charge in [-0.2, -0.15) is 0 Å². The van der Waals surface area contributed by atoms with Crippen LogP contribution in [0.3, 0.4) is 0 Å². The zero-order chi connectivity index (χ0) is 13.8. The first kappa shape index (κ1) is 15.2. The predicted octanol–water partition coefficient (Wildman–Crippen LogP) is -0.390. The number of nitrogens with one attached hydrogen (secondary N) is 1. The van der Waals surface area contributed by atoms with E-state index in [1.54, 1.807) is 4.90 Å². The highest BCUT2D eigenvalue weighted by Gasteiger charge is 2.26. The lowest BCUT2D eigenvalue weighted by Gasteiger charge is -2.31. The third-order valence-corrected chi connectivity index (χ3v) is 4.26. The number of sulfonamides is 1. The second-order valence-corrected chi connectivity index (χ2v) is 6.68. The van der Waals surface area contributed by atoms with Gasteiger partial charge in [-0.1, -0.05) is 0 Å². The van der Waals surface area contributed by atoms with Gasteiger partial charge in [-0.3, -0.25) is 0 Å². The fourth-order valence-electron chi connectivity index (χ4n) is 1.86. The summed E-state index contributed by atoms with van der Waals surface area (Å²) in [4.78, 5) is 13.9. The van der Waals surface area contributed by atoms with E-state index in [0.29, 0.717) is 25.9 Å². The van der Waals surface area contributed by atoms with E-state index in [9.17, 15) is 13.2 Å². The fraction of sp³-hybridized carbons (Fsp3) is 0.900. The Hall–Kier alpha value is -0.860. The molecular weight excluding hydrogens is 258 g/mol. The maximum absolute atomic E-state index is 11.8. The van der Waals surface area contributed by atoms with Crippen molar-refractivity contribution in [3.8, 4) is 0 Å². The van der Waals surface area contributed by atoms with E-state index < -0.39 is 16.1 Å². The van der Waals surface area contributed by atoms with Crippen LogP contribution in [0.25, 0.3) is 0 Å². The molecule has 0 radical (unpaired) electrons. The molecule has 0 aromatic carbocycles. The lowest BCUT2D eigenvalue weighted by atomic mass is 10.1. The summed E-state index contributed by atoms with van der Waals surface area (Å²) in [5, 5.41) is 8.87. The van der Waals surface area contributed by atoms with Crippen LogP contribution < -0.4 is 4.72 Å². The molecule has 1 fully saturated rings. The first-order valence-corrected chi connectivity index (χ1v) is 7.58. The maximum atomic E-state index is 11.8. The third-order valence-electron chi connectivity index (χ3n) is 2.85. The summed E-state index contributed by atoms with van der Waals surface area (Å²) in [7, 11) is 0.279. The molecule has 0 saturated carbocycles. The minimum Gasteiger partial charge on any atom is -0.465 e. The van der Waals surface area contributed by atoms with Gasteiger partial charge in [-0.05, 0) is 26.9 Å². The van der Waals surface area contributed by atoms with Crippen molar-refractivity contribution < 1.29 is 18.3 Å². The molecule has 1 atom stereocenters. The minimum absolute atomic E-state index is 0.0313. The van der Waals surface area contributed by atoms with E-state index in [0.717, 1.165) is 0 Å². The zero-order valence-corrected chi connectivity index (χ0v) is 11.6. The van der Waals surface area contributed by atoms with Crippen LogP contribution in [0.15, 0.2) is 0 Å². The van der Waals surface area contributed by atoms with Gasteiger partial charge in [0.1, 0.15) is 0 Å². The van der Waals surface area contributed by atoms with Crippen LogP contribution >= 0.6 is 0 Å². The summed E-state index contributed by atoms with van der Waals surface area (Å²) >= 11 is 0. The summed E-state index contributed by atoms with van der Waals surface area (Å²) in [6.45, 7) is 1.16. The van der Waals surface area contributed by atoms with Crippen LogP contribution in [0.5, 0.6) is 0 Å². The van der Waals surface area contributed by atoms with E-state index in [4.69, 9.17) is 5.11 Å². The lowest BCUT2D eigenvalue weighted by Crippen LogP contribution is -2.50. The van der Waals surface area contributed by atoms with Gasteiger partial charge >= 0.3 is 6.09 Å². The highest BCUT2D eigenvalue weighted by Crippen LogP contribution is 2.11. The van der Waals surface area contributed by atoms with E-state index in [-0.39, 0.29) is 18.3 Å². The SMILES string of the molecule is CN(C)CCS(=O)(=O)N[C@H]1CCCN(C(=O)O)C1. The molecule has 1 aliphatic rings. The van der Waals surface area contributed by atoms with Gasteiger partial charge in [0.2, 0.25) is 10.0 Å². The molecule has 106 valence electrons. The average molecular weight is 279 g/mol. The van der Waals surface area contributed by atoms with Crippen LogP contribution in [0.2, 0.25) is 0 Å². The summed E-state index contributed by atoms with van der Waals surface area (Å²) in [6, 6.07) is -0.304. The summed E-state index contributed by atoms with van der Waals surface area (Å²) in [6.07, 6.45) is 0.380. The Morgan fingerprint density at radius 3 is 2.72 bits per heavy atom. The molecular formula is C10H21N3O4S. The van der Waals surface area contributed by atoms with Crippen molar-refractivity contribution in [2.75, 3.05) is 39.5 Å². The van der Waals surface area contributed by atoms with E-state index in [2.05, 4.69) is 4.72 Å². The number of hydrogen-bond donors (Lipinski definition) is 2. The van der Waals surface area contributed by atoms with Gasteiger partial charge in [-0.15, -0.1) is 0 Å². The largest absolute Gasteiger partial charge is 0.465 e. The first-order chi connectivity index (χ1) is 8.30. The molecule has 2 N–H and O–H groups in total. The van der Waals surface area contributed by atoms with Crippen molar-refractivity contribution in [1.82, 2.24) is 14.5 Å².